The molecule has 0 aliphatic carbocycles. The maximum absolute atomic E-state index is 12.3. The molecule has 0 atom stereocenters. The second-order valence-corrected chi connectivity index (χ2v) is 6.18. The smallest absolute Gasteiger partial charge is 0.261 e. The molecular weight excluding hydrogens is 310 g/mol. The standard InChI is InChI=1S/C15H12ClNO3S/c16-13-7-9-14(10-8-13)21(19,20)17-15-6-2-1-4-12(15)5-3-11-18/h1-2,4,6-10,17-18H,11H2. The van der Waals surface area contributed by atoms with Gasteiger partial charge in [-0.3, -0.25) is 4.72 Å². The van der Waals surface area contributed by atoms with Gasteiger partial charge in [0.25, 0.3) is 10.0 Å². The molecule has 2 rings (SSSR count). The van der Waals surface area contributed by atoms with Gasteiger partial charge in [-0.2, -0.15) is 0 Å². The fourth-order valence-electron chi connectivity index (χ4n) is 1.63. The first-order valence-electron chi connectivity index (χ1n) is 6.00. The zero-order valence-corrected chi connectivity index (χ0v) is 12.4. The lowest BCUT2D eigenvalue weighted by atomic mass is 10.2. The van der Waals surface area contributed by atoms with Gasteiger partial charge in [-0.15, -0.1) is 0 Å². The van der Waals surface area contributed by atoms with E-state index in [0.29, 0.717) is 16.3 Å². The molecule has 0 saturated carbocycles. The summed E-state index contributed by atoms with van der Waals surface area (Å²) in [5.41, 5.74) is 0.845. The average Bonchev–Trinajstić information content (AvgIpc) is 2.46. The molecule has 6 heteroatoms. The molecule has 0 aromatic heterocycles. The SMILES string of the molecule is O=S(=O)(Nc1ccccc1C#CCO)c1ccc(Cl)cc1. The quantitative estimate of drug-likeness (QED) is 0.854. The number of para-hydroxylation sites is 1. The number of nitrogens with one attached hydrogen (secondary N) is 1. The first kappa shape index (κ1) is 15.4. The molecule has 0 aliphatic rings. The van der Waals surface area contributed by atoms with Gasteiger partial charge in [0.15, 0.2) is 0 Å². The zero-order valence-electron chi connectivity index (χ0n) is 10.9. The average molecular weight is 322 g/mol. The molecular formula is C15H12ClNO3S. The van der Waals surface area contributed by atoms with Crippen molar-refractivity contribution in [1.82, 2.24) is 0 Å². The lowest BCUT2D eigenvalue weighted by molar-refractivity contribution is 0.350. The number of anilines is 1. The third kappa shape index (κ3) is 3.99. The molecule has 21 heavy (non-hydrogen) atoms. The summed E-state index contributed by atoms with van der Waals surface area (Å²) in [6, 6.07) is 12.6. The number of sulfonamides is 1. The summed E-state index contributed by atoms with van der Waals surface area (Å²) in [4.78, 5) is 0.108. The molecule has 2 aromatic carbocycles. The van der Waals surface area contributed by atoms with Crippen LogP contribution < -0.4 is 4.72 Å². The predicted molar refractivity (Wildman–Crippen MR) is 82.7 cm³/mol. The van der Waals surface area contributed by atoms with Crippen LogP contribution >= 0.6 is 11.6 Å². The van der Waals surface area contributed by atoms with E-state index in [1.54, 1.807) is 24.3 Å². The number of hydrogen-bond acceptors (Lipinski definition) is 3. The minimum absolute atomic E-state index is 0.108. The zero-order chi connectivity index (χ0) is 15.3. The summed E-state index contributed by atoms with van der Waals surface area (Å²) in [7, 11) is -3.72. The molecule has 0 unspecified atom stereocenters. The van der Waals surface area contributed by atoms with Crippen LogP contribution in [-0.4, -0.2) is 20.1 Å². The third-order valence-electron chi connectivity index (χ3n) is 2.60. The maximum atomic E-state index is 12.3. The van der Waals surface area contributed by atoms with E-state index >= 15 is 0 Å². The van der Waals surface area contributed by atoms with E-state index in [0.717, 1.165) is 0 Å². The molecule has 0 fully saturated rings. The summed E-state index contributed by atoms with van der Waals surface area (Å²) < 4.78 is 27.1. The van der Waals surface area contributed by atoms with Gasteiger partial charge < -0.3 is 5.11 Å². The highest BCUT2D eigenvalue weighted by molar-refractivity contribution is 7.92. The monoisotopic (exact) mass is 321 g/mol. The van der Waals surface area contributed by atoms with Crippen molar-refractivity contribution < 1.29 is 13.5 Å². The molecule has 0 aliphatic heterocycles. The van der Waals surface area contributed by atoms with Gasteiger partial charge in [-0.25, -0.2) is 8.42 Å². The van der Waals surface area contributed by atoms with Crippen LogP contribution in [0.4, 0.5) is 5.69 Å². The Balaban J connectivity index is 2.35. The molecule has 0 bridgehead atoms. The lowest BCUT2D eigenvalue weighted by Crippen LogP contribution is -2.13. The van der Waals surface area contributed by atoms with Crippen LogP contribution in [0.2, 0.25) is 5.02 Å². The van der Waals surface area contributed by atoms with Crippen molar-refractivity contribution in [2.24, 2.45) is 0 Å². The number of aliphatic hydroxyl groups excluding tert-OH is 1. The van der Waals surface area contributed by atoms with Crippen molar-refractivity contribution in [2.45, 2.75) is 4.90 Å². The van der Waals surface area contributed by atoms with Crippen molar-refractivity contribution >= 4 is 27.3 Å². The van der Waals surface area contributed by atoms with Crippen LogP contribution in [0, 0.1) is 11.8 Å². The Kier molecular flexibility index (Phi) is 4.86. The van der Waals surface area contributed by atoms with Gasteiger partial charge >= 0.3 is 0 Å². The van der Waals surface area contributed by atoms with Gasteiger partial charge in [0.05, 0.1) is 10.6 Å². The Hall–Kier alpha value is -2.00. The Morgan fingerprint density at radius 3 is 2.43 bits per heavy atom. The van der Waals surface area contributed by atoms with Crippen LogP contribution in [0.15, 0.2) is 53.4 Å². The van der Waals surface area contributed by atoms with Gasteiger partial charge in [0, 0.05) is 10.6 Å². The lowest BCUT2D eigenvalue weighted by Gasteiger charge is -2.09. The van der Waals surface area contributed by atoms with E-state index in [-0.39, 0.29) is 11.5 Å². The highest BCUT2D eigenvalue weighted by Gasteiger charge is 2.15. The van der Waals surface area contributed by atoms with E-state index in [4.69, 9.17) is 16.7 Å². The Bertz CT molecular complexity index is 790. The molecule has 0 radical (unpaired) electrons. The minimum Gasteiger partial charge on any atom is -0.384 e. The first-order chi connectivity index (χ1) is 10.0. The van der Waals surface area contributed by atoms with Crippen LogP contribution in [0.1, 0.15) is 5.56 Å². The summed E-state index contributed by atoms with van der Waals surface area (Å²) in [5.74, 6) is 5.19. The van der Waals surface area contributed by atoms with Crippen LogP contribution in [0.25, 0.3) is 0 Å². The highest BCUT2D eigenvalue weighted by atomic mass is 35.5. The van der Waals surface area contributed by atoms with Crippen LogP contribution in [0.3, 0.4) is 0 Å². The van der Waals surface area contributed by atoms with E-state index in [9.17, 15) is 8.42 Å². The predicted octanol–water partition coefficient (Wildman–Crippen LogP) is 2.48. The van der Waals surface area contributed by atoms with Gasteiger partial charge in [0.2, 0.25) is 0 Å². The van der Waals surface area contributed by atoms with Crippen LogP contribution in [0.5, 0.6) is 0 Å². The normalized spacial score (nSPS) is 10.6. The van der Waals surface area contributed by atoms with Gasteiger partial charge in [0.1, 0.15) is 6.61 Å². The number of hydrogen-bond donors (Lipinski definition) is 2. The Morgan fingerprint density at radius 1 is 1.10 bits per heavy atom. The third-order valence-corrected chi connectivity index (χ3v) is 4.23. The molecule has 108 valence electrons. The van der Waals surface area contributed by atoms with Crippen molar-refractivity contribution in [3.8, 4) is 11.8 Å². The number of rotatable bonds is 3. The van der Waals surface area contributed by atoms with Crippen molar-refractivity contribution in [1.29, 1.82) is 0 Å². The van der Waals surface area contributed by atoms with E-state index in [1.807, 2.05) is 0 Å². The number of aliphatic hydroxyl groups is 1. The van der Waals surface area contributed by atoms with E-state index in [1.165, 1.54) is 24.3 Å². The topological polar surface area (TPSA) is 66.4 Å². The number of benzene rings is 2. The first-order valence-corrected chi connectivity index (χ1v) is 7.86. The second-order valence-electron chi connectivity index (χ2n) is 4.06. The molecule has 2 aromatic rings. The summed E-state index contributed by atoms with van der Waals surface area (Å²) >= 11 is 5.75. The summed E-state index contributed by atoms with van der Waals surface area (Å²) in [5, 5.41) is 9.19. The summed E-state index contributed by atoms with van der Waals surface area (Å²) in [6.45, 7) is -0.293. The second kappa shape index (κ2) is 6.64. The van der Waals surface area contributed by atoms with Gasteiger partial charge in [-0.1, -0.05) is 35.6 Å². The van der Waals surface area contributed by atoms with E-state index in [2.05, 4.69) is 16.6 Å². The Labute approximate surface area is 128 Å². The van der Waals surface area contributed by atoms with E-state index < -0.39 is 10.0 Å². The van der Waals surface area contributed by atoms with Crippen LogP contribution in [-0.2, 0) is 10.0 Å². The summed E-state index contributed by atoms with van der Waals surface area (Å²) in [6.07, 6.45) is 0. The molecule has 0 amide bonds. The maximum Gasteiger partial charge on any atom is 0.261 e. The molecule has 4 nitrogen and oxygen atoms in total. The largest absolute Gasteiger partial charge is 0.384 e. The molecule has 2 N–H and O–H groups in total. The molecule has 0 spiro atoms. The van der Waals surface area contributed by atoms with Crippen molar-refractivity contribution in [2.75, 3.05) is 11.3 Å². The fraction of sp³-hybridized carbons (Fsp3) is 0.0667. The Morgan fingerprint density at radius 2 is 1.76 bits per heavy atom. The number of halogens is 1. The van der Waals surface area contributed by atoms with Gasteiger partial charge in [-0.05, 0) is 36.4 Å². The molecule has 0 heterocycles. The minimum atomic E-state index is -3.72. The molecule has 0 saturated heterocycles. The van der Waals surface area contributed by atoms with Crippen molar-refractivity contribution in [3.05, 3.63) is 59.1 Å². The highest BCUT2D eigenvalue weighted by Crippen LogP contribution is 2.20. The fourth-order valence-corrected chi connectivity index (χ4v) is 2.84. The van der Waals surface area contributed by atoms with Crippen molar-refractivity contribution in [3.63, 3.8) is 0 Å².